The van der Waals surface area contributed by atoms with Crippen LogP contribution in [0.15, 0.2) is 53.6 Å². The van der Waals surface area contributed by atoms with Crippen molar-refractivity contribution in [3.8, 4) is 0 Å². The summed E-state index contributed by atoms with van der Waals surface area (Å²) in [5.41, 5.74) is 2.50. The summed E-state index contributed by atoms with van der Waals surface area (Å²) >= 11 is 0. The van der Waals surface area contributed by atoms with Gasteiger partial charge in [-0.25, -0.2) is 17.5 Å². The zero-order chi connectivity index (χ0) is 21.2. The number of nitrogens with one attached hydrogen (secondary N) is 1. The highest BCUT2D eigenvalue weighted by molar-refractivity contribution is 7.89. The van der Waals surface area contributed by atoms with Crippen molar-refractivity contribution in [1.82, 2.24) is 9.29 Å². The fourth-order valence-corrected chi connectivity index (χ4v) is 3.98. The SMILES string of the molecule is CCc1cccc2c(C(=O)COC(=O)c3cccc(S(=O)(=O)N(C)C)c3)c[nH]c12. The highest BCUT2D eigenvalue weighted by Gasteiger charge is 2.20. The Morgan fingerprint density at radius 3 is 2.52 bits per heavy atom. The first-order chi connectivity index (χ1) is 13.8. The second kappa shape index (κ2) is 8.18. The summed E-state index contributed by atoms with van der Waals surface area (Å²) in [5.74, 6) is -1.10. The number of ether oxygens (including phenoxy) is 1. The van der Waals surface area contributed by atoms with Gasteiger partial charge in [0.1, 0.15) is 0 Å². The Labute approximate surface area is 169 Å². The predicted octanol–water partition coefficient (Wildman–Crippen LogP) is 3.02. The van der Waals surface area contributed by atoms with Crippen LogP contribution in [0.1, 0.15) is 33.2 Å². The van der Waals surface area contributed by atoms with Gasteiger partial charge in [-0.2, -0.15) is 0 Å². The van der Waals surface area contributed by atoms with E-state index in [0.29, 0.717) is 5.56 Å². The first-order valence-electron chi connectivity index (χ1n) is 9.07. The molecule has 0 atom stereocenters. The van der Waals surface area contributed by atoms with E-state index >= 15 is 0 Å². The topological polar surface area (TPSA) is 96.5 Å². The van der Waals surface area contributed by atoms with E-state index in [1.165, 1.54) is 38.4 Å². The minimum Gasteiger partial charge on any atom is -0.454 e. The van der Waals surface area contributed by atoms with E-state index in [1.54, 1.807) is 6.20 Å². The summed E-state index contributed by atoms with van der Waals surface area (Å²) < 4.78 is 30.6. The van der Waals surface area contributed by atoms with Crippen molar-refractivity contribution in [2.45, 2.75) is 18.2 Å². The van der Waals surface area contributed by atoms with Crippen LogP contribution in [0.5, 0.6) is 0 Å². The summed E-state index contributed by atoms with van der Waals surface area (Å²) in [6.45, 7) is 1.59. The van der Waals surface area contributed by atoms with Gasteiger partial charge in [-0.05, 0) is 30.2 Å². The summed E-state index contributed by atoms with van der Waals surface area (Å²) in [6.07, 6.45) is 2.44. The Morgan fingerprint density at radius 2 is 1.83 bits per heavy atom. The van der Waals surface area contributed by atoms with Gasteiger partial charge in [0.05, 0.1) is 10.5 Å². The van der Waals surface area contributed by atoms with Gasteiger partial charge in [0.25, 0.3) is 0 Å². The van der Waals surface area contributed by atoms with E-state index in [-0.39, 0.29) is 16.2 Å². The predicted molar refractivity (Wildman–Crippen MR) is 110 cm³/mol. The van der Waals surface area contributed by atoms with Crippen molar-refractivity contribution >= 4 is 32.7 Å². The van der Waals surface area contributed by atoms with E-state index in [1.807, 2.05) is 25.1 Å². The number of aryl methyl sites for hydroxylation is 1. The monoisotopic (exact) mass is 414 g/mol. The summed E-state index contributed by atoms with van der Waals surface area (Å²) in [6, 6.07) is 11.3. The molecule has 0 aliphatic carbocycles. The molecule has 2 aromatic carbocycles. The molecule has 0 saturated carbocycles. The van der Waals surface area contributed by atoms with E-state index in [0.717, 1.165) is 27.2 Å². The zero-order valence-electron chi connectivity index (χ0n) is 16.4. The molecule has 29 heavy (non-hydrogen) atoms. The quantitative estimate of drug-likeness (QED) is 0.474. The molecule has 7 nitrogen and oxygen atoms in total. The molecule has 0 unspecified atom stereocenters. The molecule has 8 heteroatoms. The van der Waals surface area contributed by atoms with E-state index in [9.17, 15) is 18.0 Å². The number of aromatic amines is 1. The van der Waals surface area contributed by atoms with Crippen molar-refractivity contribution < 1.29 is 22.7 Å². The van der Waals surface area contributed by atoms with Gasteiger partial charge in [-0.1, -0.05) is 31.2 Å². The minimum atomic E-state index is -3.68. The molecule has 0 bridgehead atoms. The fourth-order valence-electron chi connectivity index (χ4n) is 3.03. The number of aromatic nitrogens is 1. The first-order valence-corrected chi connectivity index (χ1v) is 10.5. The molecule has 0 saturated heterocycles. The lowest BCUT2D eigenvalue weighted by Crippen LogP contribution is -2.22. The van der Waals surface area contributed by atoms with Crippen LogP contribution in [0, 0.1) is 0 Å². The maximum absolute atomic E-state index is 12.6. The van der Waals surface area contributed by atoms with Crippen LogP contribution in [-0.4, -0.2) is 50.2 Å². The third kappa shape index (κ3) is 4.08. The lowest BCUT2D eigenvalue weighted by molar-refractivity contribution is 0.0475. The van der Waals surface area contributed by atoms with Gasteiger partial charge in [0.2, 0.25) is 15.8 Å². The normalized spacial score (nSPS) is 11.7. The second-order valence-electron chi connectivity index (χ2n) is 6.71. The van der Waals surface area contributed by atoms with Gasteiger partial charge in [-0.15, -0.1) is 0 Å². The Kier molecular flexibility index (Phi) is 5.86. The van der Waals surface area contributed by atoms with Crippen LogP contribution >= 0.6 is 0 Å². The molecular weight excluding hydrogens is 392 g/mol. The number of sulfonamides is 1. The largest absolute Gasteiger partial charge is 0.454 e. The van der Waals surface area contributed by atoms with Gasteiger partial charge in [0.15, 0.2) is 6.61 Å². The summed E-state index contributed by atoms with van der Waals surface area (Å²) in [4.78, 5) is 28.0. The molecular formula is C21H22N2O5S. The third-order valence-corrected chi connectivity index (χ3v) is 6.48. The van der Waals surface area contributed by atoms with E-state index < -0.39 is 22.6 Å². The Bertz CT molecular complexity index is 1180. The van der Waals surface area contributed by atoms with Gasteiger partial charge in [-0.3, -0.25) is 4.79 Å². The second-order valence-corrected chi connectivity index (χ2v) is 8.86. The highest BCUT2D eigenvalue weighted by atomic mass is 32.2. The Hall–Kier alpha value is -2.97. The fraction of sp³-hybridized carbons (Fsp3) is 0.238. The maximum Gasteiger partial charge on any atom is 0.338 e. The number of H-pyrrole nitrogens is 1. The number of fused-ring (bicyclic) bond motifs is 1. The molecule has 3 aromatic rings. The third-order valence-electron chi connectivity index (χ3n) is 4.67. The molecule has 1 heterocycles. The van der Waals surface area contributed by atoms with Crippen molar-refractivity contribution in [3.63, 3.8) is 0 Å². The van der Waals surface area contributed by atoms with Crippen LogP contribution in [0.2, 0.25) is 0 Å². The average Bonchev–Trinajstić information content (AvgIpc) is 3.16. The van der Waals surface area contributed by atoms with Crippen LogP contribution in [0.25, 0.3) is 10.9 Å². The number of esters is 1. The summed E-state index contributed by atoms with van der Waals surface area (Å²) in [7, 11) is -0.862. The molecule has 0 radical (unpaired) electrons. The number of Topliss-reactive ketones (excluding diaryl/α,β-unsaturated/α-hetero) is 1. The number of carbonyl (C=O) groups excluding carboxylic acids is 2. The molecule has 0 fully saturated rings. The number of carbonyl (C=O) groups is 2. The molecule has 0 aliphatic rings. The van der Waals surface area contributed by atoms with Crippen molar-refractivity contribution in [2.24, 2.45) is 0 Å². The standard InChI is InChI=1S/C21H22N2O5S/c1-4-14-7-6-10-17-18(12-22-20(14)17)19(24)13-28-21(25)15-8-5-9-16(11-15)29(26,27)23(2)3/h5-12,22H,4,13H2,1-3H3. The van der Waals surface area contributed by atoms with Crippen LogP contribution in [0.3, 0.4) is 0 Å². The smallest absolute Gasteiger partial charge is 0.338 e. The van der Waals surface area contributed by atoms with Crippen molar-refractivity contribution in [3.05, 3.63) is 65.4 Å². The number of ketones is 1. The lowest BCUT2D eigenvalue weighted by Gasteiger charge is -2.12. The summed E-state index contributed by atoms with van der Waals surface area (Å²) in [5, 5.41) is 0.782. The van der Waals surface area contributed by atoms with Gasteiger partial charge >= 0.3 is 5.97 Å². The molecule has 0 spiro atoms. The Morgan fingerprint density at radius 1 is 1.10 bits per heavy atom. The number of hydrogen-bond acceptors (Lipinski definition) is 5. The number of rotatable bonds is 7. The zero-order valence-corrected chi connectivity index (χ0v) is 17.2. The lowest BCUT2D eigenvalue weighted by atomic mass is 10.1. The van der Waals surface area contributed by atoms with Crippen molar-refractivity contribution in [2.75, 3.05) is 20.7 Å². The molecule has 1 aromatic heterocycles. The number of hydrogen-bond donors (Lipinski definition) is 1. The minimum absolute atomic E-state index is 0.0213. The number of para-hydroxylation sites is 1. The number of benzene rings is 2. The first kappa shape index (κ1) is 20.8. The maximum atomic E-state index is 12.6. The van der Waals surface area contributed by atoms with E-state index in [4.69, 9.17) is 4.74 Å². The Balaban J connectivity index is 1.76. The van der Waals surface area contributed by atoms with E-state index in [2.05, 4.69) is 4.98 Å². The van der Waals surface area contributed by atoms with Gasteiger partial charge < -0.3 is 9.72 Å². The van der Waals surface area contributed by atoms with Crippen LogP contribution in [-0.2, 0) is 21.2 Å². The molecule has 0 amide bonds. The van der Waals surface area contributed by atoms with Crippen molar-refractivity contribution in [1.29, 1.82) is 0 Å². The molecule has 3 rings (SSSR count). The average molecular weight is 414 g/mol. The molecule has 152 valence electrons. The van der Waals surface area contributed by atoms with Crippen LogP contribution < -0.4 is 0 Å². The van der Waals surface area contributed by atoms with Gasteiger partial charge in [0, 0.05) is 36.8 Å². The highest BCUT2D eigenvalue weighted by Crippen LogP contribution is 2.23. The molecule has 0 aliphatic heterocycles. The van der Waals surface area contributed by atoms with Crippen LogP contribution in [0.4, 0.5) is 0 Å². The number of nitrogens with zero attached hydrogens (tertiary/aromatic N) is 1. The molecule has 1 N–H and O–H groups in total.